The SMILES string of the molecule is O=C(O)CN(C1CC1)S(=O)(=O)c1ccc(Cl)c([N+](=O)[O-])c1. The lowest BCUT2D eigenvalue weighted by molar-refractivity contribution is -0.384. The van der Waals surface area contributed by atoms with Crippen LogP contribution in [0.25, 0.3) is 0 Å². The molecule has 0 unspecified atom stereocenters. The molecule has 1 N–H and O–H groups in total. The molecule has 0 aromatic heterocycles. The zero-order chi connectivity index (χ0) is 15.8. The molecule has 1 saturated carbocycles. The zero-order valence-corrected chi connectivity index (χ0v) is 12.2. The number of nitro benzene ring substituents is 1. The maximum atomic E-state index is 12.4. The third-order valence-electron chi connectivity index (χ3n) is 2.97. The summed E-state index contributed by atoms with van der Waals surface area (Å²) in [6, 6.07) is 2.70. The van der Waals surface area contributed by atoms with Crippen molar-refractivity contribution in [3.05, 3.63) is 33.3 Å². The average Bonchev–Trinajstić information content (AvgIpc) is 3.19. The third kappa shape index (κ3) is 3.31. The Hall–Kier alpha value is -1.71. The molecule has 0 radical (unpaired) electrons. The first-order chi connectivity index (χ1) is 9.73. The highest BCUT2D eigenvalue weighted by atomic mass is 35.5. The highest BCUT2D eigenvalue weighted by Crippen LogP contribution is 2.34. The Morgan fingerprint density at radius 1 is 1.48 bits per heavy atom. The summed E-state index contributed by atoms with van der Waals surface area (Å²) in [5, 5.41) is 19.5. The molecule has 1 aromatic carbocycles. The predicted octanol–water partition coefficient (Wildman–Crippen LogP) is 1.49. The largest absolute Gasteiger partial charge is 0.480 e. The molecule has 0 atom stereocenters. The van der Waals surface area contributed by atoms with Gasteiger partial charge in [0.2, 0.25) is 10.0 Å². The van der Waals surface area contributed by atoms with Gasteiger partial charge in [-0.3, -0.25) is 14.9 Å². The topological polar surface area (TPSA) is 118 Å². The van der Waals surface area contributed by atoms with E-state index in [2.05, 4.69) is 0 Å². The molecule has 0 heterocycles. The molecular formula is C11H11ClN2O6S. The van der Waals surface area contributed by atoms with Crippen molar-refractivity contribution in [2.75, 3.05) is 6.54 Å². The fraction of sp³-hybridized carbons (Fsp3) is 0.364. The van der Waals surface area contributed by atoms with E-state index in [1.165, 1.54) is 0 Å². The number of carbonyl (C=O) groups is 1. The summed E-state index contributed by atoms with van der Waals surface area (Å²) in [7, 11) is -4.12. The van der Waals surface area contributed by atoms with Gasteiger partial charge in [0.25, 0.3) is 5.69 Å². The zero-order valence-electron chi connectivity index (χ0n) is 10.6. The smallest absolute Gasteiger partial charge is 0.318 e. The van der Waals surface area contributed by atoms with Crippen molar-refractivity contribution in [2.24, 2.45) is 0 Å². The molecule has 1 aliphatic rings. The molecule has 0 saturated heterocycles. The number of carboxylic acid groups (broad SMARTS) is 1. The summed E-state index contributed by atoms with van der Waals surface area (Å²) < 4.78 is 25.7. The number of aliphatic carboxylic acids is 1. The van der Waals surface area contributed by atoms with E-state index in [1.807, 2.05) is 0 Å². The van der Waals surface area contributed by atoms with E-state index in [0.717, 1.165) is 22.5 Å². The van der Waals surface area contributed by atoms with Crippen molar-refractivity contribution in [3.63, 3.8) is 0 Å². The molecule has 0 aliphatic heterocycles. The third-order valence-corrected chi connectivity index (χ3v) is 5.18. The standard InChI is InChI=1S/C11H11ClN2O6S/c12-9-4-3-8(5-10(9)14(17)18)21(19,20)13(6-11(15)16)7-1-2-7/h3-5,7H,1-2,6H2,(H,15,16). The summed E-state index contributed by atoms with van der Waals surface area (Å²) in [4.78, 5) is 20.5. The summed E-state index contributed by atoms with van der Waals surface area (Å²) in [6.07, 6.45) is 1.14. The van der Waals surface area contributed by atoms with Gasteiger partial charge in [-0.2, -0.15) is 4.31 Å². The molecule has 0 amide bonds. The number of benzene rings is 1. The maximum absolute atomic E-state index is 12.4. The number of hydrogen-bond donors (Lipinski definition) is 1. The lowest BCUT2D eigenvalue weighted by Gasteiger charge is -2.19. The monoisotopic (exact) mass is 334 g/mol. The van der Waals surface area contributed by atoms with Gasteiger partial charge >= 0.3 is 5.97 Å². The van der Waals surface area contributed by atoms with Crippen molar-refractivity contribution in [1.29, 1.82) is 0 Å². The number of carboxylic acids is 1. The van der Waals surface area contributed by atoms with E-state index in [4.69, 9.17) is 16.7 Å². The summed E-state index contributed by atoms with van der Waals surface area (Å²) in [5.74, 6) is -1.28. The second kappa shape index (κ2) is 5.58. The van der Waals surface area contributed by atoms with E-state index in [1.54, 1.807) is 0 Å². The number of sulfonamides is 1. The van der Waals surface area contributed by atoms with Crippen LogP contribution in [0.4, 0.5) is 5.69 Å². The molecule has 8 nitrogen and oxygen atoms in total. The summed E-state index contributed by atoms with van der Waals surface area (Å²) in [5.41, 5.74) is -0.538. The normalized spacial score (nSPS) is 15.1. The summed E-state index contributed by atoms with van der Waals surface area (Å²) in [6.45, 7) is -0.677. The number of hydrogen-bond acceptors (Lipinski definition) is 5. The van der Waals surface area contributed by atoms with Crippen LogP contribution in [0.15, 0.2) is 23.1 Å². The lowest BCUT2D eigenvalue weighted by Crippen LogP contribution is -2.37. The van der Waals surface area contributed by atoms with Crippen LogP contribution in [0.1, 0.15) is 12.8 Å². The second-order valence-electron chi connectivity index (χ2n) is 4.55. The van der Waals surface area contributed by atoms with E-state index in [-0.39, 0.29) is 16.0 Å². The number of halogens is 1. The molecule has 1 aromatic rings. The van der Waals surface area contributed by atoms with Gasteiger partial charge in [0, 0.05) is 12.1 Å². The van der Waals surface area contributed by atoms with Gasteiger partial charge in [0.05, 0.1) is 9.82 Å². The Morgan fingerprint density at radius 2 is 2.10 bits per heavy atom. The minimum Gasteiger partial charge on any atom is -0.480 e. The molecule has 1 aliphatic carbocycles. The first kappa shape index (κ1) is 15.7. The molecule has 1 fully saturated rings. The van der Waals surface area contributed by atoms with Crippen LogP contribution < -0.4 is 0 Å². The lowest BCUT2D eigenvalue weighted by atomic mass is 10.3. The quantitative estimate of drug-likeness (QED) is 0.622. The average molecular weight is 335 g/mol. The van der Waals surface area contributed by atoms with Gasteiger partial charge < -0.3 is 5.11 Å². The van der Waals surface area contributed by atoms with Crippen molar-refractivity contribution in [1.82, 2.24) is 4.31 Å². The predicted molar refractivity (Wildman–Crippen MR) is 72.7 cm³/mol. The van der Waals surface area contributed by atoms with Crippen molar-refractivity contribution >= 4 is 33.3 Å². The minimum atomic E-state index is -4.12. The van der Waals surface area contributed by atoms with Gasteiger partial charge in [-0.05, 0) is 25.0 Å². The van der Waals surface area contributed by atoms with E-state index < -0.39 is 33.1 Å². The minimum absolute atomic E-state index is 0.185. The van der Waals surface area contributed by atoms with Crippen LogP contribution in [-0.2, 0) is 14.8 Å². The van der Waals surface area contributed by atoms with Gasteiger partial charge in [-0.1, -0.05) is 11.6 Å². The Kier molecular flexibility index (Phi) is 4.17. The van der Waals surface area contributed by atoms with E-state index in [0.29, 0.717) is 12.8 Å². The molecule has 0 bridgehead atoms. The summed E-state index contributed by atoms with van der Waals surface area (Å²) >= 11 is 5.64. The van der Waals surface area contributed by atoms with Crippen LogP contribution in [-0.4, -0.2) is 41.3 Å². The molecule has 2 rings (SSSR count). The van der Waals surface area contributed by atoms with Crippen molar-refractivity contribution in [2.45, 2.75) is 23.8 Å². The van der Waals surface area contributed by atoms with Crippen LogP contribution in [0.3, 0.4) is 0 Å². The molecule has 21 heavy (non-hydrogen) atoms. The van der Waals surface area contributed by atoms with E-state index >= 15 is 0 Å². The Labute approximate surface area is 125 Å². The van der Waals surface area contributed by atoms with E-state index in [9.17, 15) is 23.3 Å². The Morgan fingerprint density at radius 3 is 2.57 bits per heavy atom. The fourth-order valence-corrected chi connectivity index (χ4v) is 3.68. The van der Waals surface area contributed by atoms with Crippen molar-refractivity contribution < 1.29 is 23.2 Å². The van der Waals surface area contributed by atoms with Crippen LogP contribution in [0.2, 0.25) is 5.02 Å². The van der Waals surface area contributed by atoms with Gasteiger partial charge in [0.15, 0.2) is 0 Å². The molecule has 0 spiro atoms. The van der Waals surface area contributed by atoms with Crippen LogP contribution >= 0.6 is 11.6 Å². The highest BCUT2D eigenvalue weighted by molar-refractivity contribution is 7.89. The van der Waals surface area contributed by atoms with Gasteiger partial charge in [-0.15, -0.1) is 0 Å². The molecule has 114 valence electrons. The van der Waals surface area contributed by atoms with Gasteiger partial charge in [-0.25, -0.2) is 8.42 Å². The fourth-order valence-electron chi connectivity index (χ4n) is 1.83. The number of rotatable bonds is 6. The first-order valence-electron chi connectivity index (χ1n) is 5.91. The first-order valence-corrected chi connectivity index (χ1v) is 7.73. The Bertz CT molecular complexity index is 701. The van der Waals surface area contributed by atoms with Gasteiger partial charge in [0.1, 0.15) is 11.6 Å². The Balaban J connectivity index is 2.44. The molecule has 10 heteroatoms. The molecular weight excluding hydrogens is 324 g/mol. The highest BCUT2D eigenvalue weighted by Gasteiger charge is 2.39. The van der Waals surface area contributed by atoms with Crippen LogP contribution in [0.5, 0.6) is 0 Å². The maximum Gasteiger partial charge on any atom is 0.318 e. The van der Waals surface area contributed by atoms with Crippen molar-refractivity contribution in [3.8, 4) is 0 Å². The number of nitro groups is 1. The van der Waals surface area contributed by atoms with Crippen LogP contribution in [0, 0.1) is 10.1 Å². The number of nitrogens with zero attached hydrogens (tertiary/aromatic N) is 2. The second-order valence-corrected chi connectivity index (χ2v) is 6.84.